The summed E-state index contributed by atoms with van der Waals surface area (Å²) in [7, 11) is 1.52. The minimum atomic E-state index is -1.09. The highest BCUT2D eigenvalue weighted by molar-refractivity contribution is 5.97. The van der Waals surface area contributed by atoms with Crippen LogP contribution in [0.15, 0.2) is 42.5 Å². The second kappa shape index (κ2) is 10.2. The average molecular weight is 444 g/mol. The van der Waals surface area contributed by atoms with Crippen molar-refractivity contribution in [1.82, 2.24) is 10.2 Å². The van der Waals surface area contributed by atoms with E-state index < -0.39 is 29.6 Å². The fourth-order valence-corrected chi connectivity index (χ4v) is 3.67. The van der Waals surface area contributed by atoms with Gasteiger partial charge in [-0.25, -0.2) is 9.18 Å². The van der Waals surface area contributed by atoms with Crippen molar-refractivity contribution in [3.8, 4) is 11.5 Å². The summed E-state index contributed by atoms with van der Waals surface area (Å²) in [6.07, 6.45) is 0.303. The number of aryl methyl sites for hydroxylation is 1. The lowest BCUT2D eigenvalue weighted by Crippen LogP contribution is -2.45. The number of benzene rings is 2. The molecule has 2 atom stereocenters. The molecule has 0 spiro atoms. The number of halogens is 1. The Morgan fingerprint density at radius 1 is 1.22 bits per heavy atom. The summed E-state index contributed by atoms with van der Waals surface area (Å²) in [6.45, 7) is 2.02. The van der Waals surface area contributed by atoms with Crippen LogP contribution in [0, 0.1) is 18.7 Å². The third-order valence-electron chi connectivity index (χ3n) is 5.21. The maximum atomic E-state index is 14.0. The van der Waals surface area contributed by atoms with Crippen molar-refractivity contribution in [3.63, 3.8) is 0 Å². The molecule has 1 saturated heterocycles. The summed E-state index contributed by atoms with van der Waals surface area (Å²) in [4.78, 5) is 37.8. The molecule has 2 aromatic rings. The number of carboxylic acid groups (broad SMARTS) is 1. The van der Waals surface area contributed by atoms with E-state index in [1.54, 1.807) is 25.1 Å². The second-order valence-corrected chi connectivity index (χ2v) is 7.70. The maximum absolute atomic E-state index is 14.0. The molecule has 0 aromatic heterocycles. The van der Waals surface area contributed by atoms with Crippen molar-refractivity contribution >= 4 is 17.8 Å². The summed E-state index contributed by atoms with van der Waals surface area (Å²) >= 11 is 0. The van der Waals surface area contributed by atoms with E-state index >= 15 is 0 Å². The fourth-order valence-electron chi connectivity index (χ4n) is 3.67. The van der Waals surface area contributed by atoms with Crippen molar-refractivity contribution in [2.24, 2.45) is 5.92 Å². The van der Waals surface area contributed by atoms with Gasteiger partial charge in [0, 0.05) is 25.1 Å². The number of rotatable bonds is 8. The van der Waals surface area contributed by atoms with Gasteiger partial charge in [0.25, 0.3) is 5.91 Å². The number of nitrogens with one attached hydrogen (secondary N) is 1. The van der Waals surface area contributed by atoms with E-state index in [1.807, 2.05) is 0 Å². The predicted octanol–water partition coefficient (Wildman–Crippen LogP) is 2.60. The van der Waals surface area contributed by atoms with E-state index in [2.05, 4.69) is 5.32 Å². The van der Waals surface area contributed by atoms with E-state index in [9.17, 15) is 23.9 Å². The van der Waals surface area contributed by atoms with E-state index in [0.717, 1.165) is 5.56 Å². The van der Waals surface area contributed by atoms with Crippen LogP contribution in [-0.4, -0.2) is 60.6 Å². The number of hydrogen-bond acceptors (Lipinski definition) is 5. The Kier molecular flexibility index (Phi) is 7.42. The van der Waals surface area contributed by atoms with E-state index in [-0.39, 0.29) is 36.1 Å². The predicted molar refractivity (Wildman–Crippen MR) is 113 cm³/mol. The van der Waals surface area contributed by atoms with Gasteiger partial charge in [0.2, 0.25) is 5.91 Å². The first-order valence-electron chi connectivity index (χ1n) is 10.1. The molecular formula is C23H25FN2O6. The summed E-state index contributed by atoms with van der Waals surface area (Å²) in [6, 6.07) is 9.74. The minimum absolute atomic E-state index is 0.0303. The normalized spacial score (nSPS) is 17.8. The number of ether oxygens (including phenoxy) is 2. The fraction of sp³-hybridized carbons (Fsp3) is 0.348. The van der Waals surface area contributed by atoms with Crippen LogP contribution >= 0.6 is 0 Å². The minimum Gasteiger partial charge on any atom is -0.480 e. The van der Waals surface area contributed by atoms with Gasteiger partial charge in [0.1, 0.15) is 11.8 Å². The summed E-state index contributed by atoms with van der Waals surface area (Å²) in [5.74, 6) is -2.41. The highest BCUT2D eigenvalue weighted by Gasteiger charge is 2.39. The number of carbonyl (C=O) groups excluding carboxylic acids is 2. The van der Waals surface area contributed by atoms with Crippen LogP contribution in [0.25, 0.3) is 0 Å². The number of methoxy groups -OCH3 is 1. The third-order valence-corrected chi connectivity index (χ3v) is 5.21. The molecule has 2 amide bonds. The lowest BCUT2D eigenvalue weighted by Gasteiger charge is -2.21. The molecule has 0 aliphatic carbocycles. The molecule has 8 nitrogen and oxygen atoms in total. The third kappa shape index (κ3) is 5.61. The van der Waals surface area contributed by atoms with Gasteiger partial charge in [0.15, 0.2) is 11.6 Å². The van der Waals surface area contributed by atoms with Crippen LogP contribution in [-0.2, 0) is 14.3 Å². The van der Waals surface area contributed by atoms with Crippen LogP contribution in [0.5, 0.6) is 11.5 Å². The largest absolute Gasteiger partial charge is 0.480 e. The van der Waals surface area contributed by atoms with Gasteiger partial charge >= 0.3 is 5.97 Å². The molecule has 2 aromatic carbocycles. The van der Waals surface area contributed by atoms with E-state index in [4.69, 9.17) is 9.47 Å². The van der Waals surface area contributed by atoms with Gasteiger partial charge in [-0.1, -0.05) is 12.1 Å². The highest BCUT2D eigenvalue weighted by atomic mass is 19.1. The molecule has 1 heterocycles. The first-order valence-corrected chi connectivity index (χ1v) is 10.1. The maximum Gasteiger partial charge on any atom is 0.326 e. The summed E-state index contributed by atoms with van der Waals surface area (Å²) in [5.41, 5.74) is 0.973. The Morgan fingerprint density at radius 3 is 2.69 bits per heavy atom. The Labute approximate surface area is 184 Å². The van der Waals surface area contributed by atoms with Crippen LogP contribution in [0.3, 0.4) is 0 Å². The SMILES string of the molecule is COC[C@@H]1C[C@@H](C(=O)O)N(C(=O)CNC(=O)c2cccc(Oc3ccc(C)cc3F)c2)C1. The van der Waals surface area contributed by atoms with Crippen LogP contribution in [0.1, 0.15) is 22.3 Å². The number of aliphatic carboxylic acids is 1. The monoisotopic (exact) mass is 444 g/mol. The molecule has 32 heavy (non-hydrogen) atoms. The van der Waals surface area contributed by atoms with Gasteiger partial charge in [-0.15, -0.1) is 0 Å². The molecule has 0 radical (unpaired) electrons. The molecule has 0 saturated carbocycles. The molecule has 9 heteroatoms. The van der Waals surface area contributed by atoms with Gasteiger partial charge in [-0.3, -0.25) is 9.59 Å². The van der Waals surface area contributed by atoms with Crippen molar-refractivity contribution in [3.05, 3.63) is 59.4 Å². The van der Waals surface area contributed by atoms with Crippen molar-refractivity contribution in [1.29, 1.82) is 0 Å². The zero-order chi connectivity index (χ0) is 23.3. The zero-order valence-electron chi connectivity index (χ0n) is 17.8. The van der Waals surface area contributed by atoms with Crippen LogP contribution in [0.2, 0.25) is 0 Å². The number of amides is 2. The topological polar surface area (TPSA) is 105 Å². The number of nitrogens with zero attached hydrogens (tertiary/aromatic N) is 1. The zero-order valence-corrected chi connectivity index (χ0v) is 17.8. The average Bonchev–Trinajstić information content (AvgIpc) is 3.19. The second-order valence-electron chi connectivity index (χ2n) is 7.70. The molecule has 0 unspecified atom stereocenters. The molecule has 170 valence electrons. The Bertz CT molecular complexity index is 1010. The lowest BCUT2D eigenvalue weighted by atomic mass is 10.1. The van der Waals surface area contributed by atoms with Gasteiger partial charge in [-0.2, -0.15) is 0 Å². The van der Waals surface area contributed by atoms with E-state index in [0.29, 0.717) is 13.0 Å². The number of likely N-dealkylation sites (tertiary alicyclic amines) is 1. The van der Waals surface area contributed by atoms with Gasteiger partial charge < -0.3 is 24.8 Å². The van der Waals surface area contributed by atoms with Crippen LogP contribution in [0.4, 0.5) is 4.39 Å². The molecule has 1 fully saturated rings. The molecule has 2 N–H and O–H groups in total. The Morgan fingerprint density at radius 2 is 2.00 bits per heavy atom. The van der Waals surface area contributed by atoms with Crippen molar-refractivity contribution < 1.29 is 33.4 Å². The summed E-state index contributed by atoms with van der Waals surface area (Å²) < 4.78 is 24.6. The number of carboxylic acids is 1. The first kappa shape index (κ1) is 23.2. The number of carbonyl (C=O) groups is 3. The lowest BCUT2D eigenvalue weighted by molar-refractivity contribution is -0.147. The standard InChI is InChI=1S/C23H25FN2O6/c1-14-6-7-20(18(24)8-14)32-17-5-3-4-16(10-17)22(28)25-11-21(27)26-12-15(13-31-2)9-19(26)23(29)30/h3-8,10,15,19H,9,11-13H2,1-2H3,(H,25,28)(H,29,30)/t15-,19+/m1/s1. The smallest absolute Gasteiger partial charge is 0.326 e. The molecule has 3 rings (SSSR count). The summed E-state index contributed by atoms with van der Waals surface area (Å²) in [5, 5.41) is 11.9. The molecular weight excluding hydrogens is 419 g/mol. The first-order chi connectivity index (χ1) is 15.3. The quantitative estimate of drug-likeness (QED) is 0.649. The van der Waals surface area contributed by atoms with Gasteiger partial charge in [-0.05, 0) is 49.2 Å². The van der Waals surface area contributed by atoms with Crippen LogP contribution < -0.4 is 10.1 Å². The van der Waals surface area contributed by atoms with Crippen molar-refractivity contribution in [2.75, 3.05) is 26.8 Å². The molecule has 1 aliphatic rings. The molecule has 1 aliphatic heterocycles. The van der Waals surface area contributed by atoms with Gasteiger partial charge in [0.05, 0.1) is 13.2 Å². The van der Waals surface area contributed by atoms with Crippen molar-refractivity contribution in [2.45, 2.75) is 19.4 Å². The highest BCUT2D eigenvalue weighted by Crippen LogP contribution is 2.26. The number of hydrogen-bond donors (Lipinski definition) is 2. The Balaban J connectivity index is 1.61. The van der Waals surface area contributed by atoms with E-state index in [1.165, 1.54) is 36.3 Å². The molecule has 0 bridgehead atoms. The Hall–Kier alpha value is -3.46.